The Labute approximate surface area is 124 Å². The minimum atomic E-state index is -4.32. The van der Waals surface area contributed by atoms with Crippen molar-refractivity contribution in [3.05, 3.63) is 60.3 Å². The Morgan fingerprint density at radius 3 is 1.77 bits per heavy atom. The molecule has 0 aliphatic heterocycles. The maximum atomic E-state index is 12.5. The molecule has 0 bridgehead atoms. The van der Waals surface area contributed by atoms with Crippen LogP contribution >= 0.6 is 0 Å². The number of aromatic amines is 1. The number of anilines is 1. The van der Waals surface area contributed by atoms with Crippen molar-refractivity contribution in [3.63, 3.8) is 0 Å². The minimum absolute atomic E-state index is 0.474. The SMILES string of the molecule is Nc1[nH]ncc1-c1ccc(-c2ccc(C(F)(F)F)cc2)cc1. The van der Waals surface area contributed by atoms with Gasteiger partial charge in [0.25, 0.3) is 0 Å². The summed E-state index contributed by atoms with van der Waals surface area (Å²) in [7, 11) is 0. The van der Waals surface area contributed by atoms with Crippen molar-refractivity contribution < 1.29 is 13.2 Å². The molecular formula is C16H12F3N3. The lowest BCUT2D eigenvalue weighted by atomic mass is 10.0. The second-order valence-electron chi connectivity index (χ2n) is 4.85. The summed E-state index contributed by atoms with van der Waals surface area (Å²) in [6.45, 7) is 0. The van der Waals surface area contributed by atoms with Gasteiger partial charge in [0.15, 0.2) is 0 Å². The number of nitrogen functional groups attached to an aromatic ring is 1. The molecule has 3 N–H and O–H groups in total. The molecule has 3 aromatic rings. The van der Waals surface area contributed by atoms with Gasteiger partial charge in [0, 0.05) is 5.56 Å². The van der Waals surface area contributed by atoms with Crippen LogP contribution in [0.2, 0.25) is 0 Å². The van der Waals surface area contributed by atoms with E-state index in [0.29, 0.717) is 5.82 Å². The van der Waals surface area contributed by atoms with E-state index in [1.807, 2.05) is 24.3 Å². The fourth-order valence-electron chi connectivity index (χ4n) is 2.22. The molecule has 3 rings (SSSR count). The number of alkyl halides is 3. The maximum Gasteiger partial charge on any atom is 0.416 e. The summed E-state index contributed by atoms with van der Waals surface area (Å²) < 4.78 is 37.6. The van der Waals surface area contributed by atoms with Gasteiger partial charge < -0.3 is 5.73 Å². The first-order chi connectivity index (χ1) is 10.4. The lowest BCUT2D eigenvalue weighted by Gasteiger charge is -2.08. The molecule has 0 spiro atoms. The highest BCUT2D eigenvalue weighted by atomic mass is 19.4. The number of hydrogen-bond acceptors (Lipinski definition) is 2. The predicted octanol–water partition coefficient (Wildman–Crippen LogP) is 4.34. The van der Waals surface area contributed by atoms with E-state index in [-0.39, 0.29) is 0 Å². The van der Waals surface area contributed by atoms with Gasteiger partial charge in [0.2, 0.25) is 0 Å². The average Bonchev–Trinajstić information content (AvgIpc) is 2.93. The zero-order valence-corrected chi connectivity index (χ0v) is 11.4. The van der Waals surface area contributed by atoms with Crippen LogP contribution in [0.5, 0.6) is 0 Å². The number of nitrogens with two attached hydrogens (primary N) is 1. The topological polar surface area (TPSA) is 54.7 Å². The molecular weight excluding hydrogens is 291 g/mol. The number of H-pyrrole nitrogens is 1. The second-order valence-corrected chi connectivity index (χ2v) is 4.85. The van der Waals surface area contributed by atoms with Gasteiger partial charge in [0.05, 0.1) is 11.8 Å². The molecule has 6 heteroatoms. The highest BCUT2D eigenvalue weighted by Gasteiger charge is 2.29. The number of halogens is 3. The fourth-order valence-corrected chi connectivity index (χ4v) is 2.22. The second kappa shape index (κ2) is 5.22. The summed E-state index contributed by atoms with van der Waals surface area (Å²) in [6.07, 6.45) is -2.69. The third-order valence-corrected chi connectivity index (χ3v) is 3.41. The van der Waals surface area contributed by atoms with Crippen LogP contribution in [0.15, 0.2) is 54.7 Å². The Morgan fingerprint density at radius 2 is 1.32 bits per heavy atom. The van der Waals surface area contributed by atoms with E-state index in [0.717, 1.165) is 34.4 Å². The zero-order valence-electron chi connectivity index (χ0n) is 11.4. The molecule has 0 amide bonds. The Hall–Kier alpha value is -2.76. The normalized spacial score (nSPS) is 11.6. The lowest BCUT2D eigenvalue weighted by Crippen LogP contribution is -2.03. The Balaban J connectivity index is 1.89. The van der Waals surface area contributed by atoms with Gasteiger partial charge in [-0.05, 0) is 28.8 Å². The molecule has 0 radical (unpaired) electrons. The summed E-state index contributed by atoms with van der Waals surface area (Å²) in [4.78, 5) is 0. The molecule has 112 valence electrons. The van der Waals surface area contributed by atoms with Gasteiger partial charge in [-0.2, -0.15) is 18.3 Å². The monoisotopic (exact) mass is 303 g/mol. The highest BCUT2D eigenvalue weighted by Crippen LogP contribution is 2.32. The molecule has 3 nitrogen and oxygen atoms in total. The van der Waals surface area contributed by atoms with Crippen molar-refractivity contribution in [2.75, 3.05) is 5.73 Å². The van der Waals surface area contributed by atoms with Crippen LogP contribution in [0, 0.1) is 0 Å². The third kappa shape index (κ3) is 2.67. The first-order valence-electron chi connectivity index (χ1n) is 6.52. The molecule has 1 aromatic heterocycles. The number of rotatable bonds is 2. The van der Waals surface area contributed by atoms with Crippen molar-refractivity contribution in [2.24, 2.45) is 0 Å². The number of benzene rings is 2. The molecule has 0 fully saturated rings. The summed E-state index contributed by atoms with van der Waals surface area (Å²) in [5.74, 6) is 0.474. The third-order valence-electron chi connectivity index (χ3n) is 3.41. The summed E-state index contributed by atoms with van der Waals surface area (Å²) in [5.41, 5.74) is 8.34. The molecule has 22 heavy (non-hydrogen) atoms. The van der Waals surface area contributed by atoms with Crippen LogP contribution in [-0.2, 0) is 6.18 Å². The van der Waals surface area contributed by atoms with Crippen LogP contribution < -0.4 is 5.73 Å². The van der Waals surface area contributed by atoms with Crippen LogP contribution in [0.4, 0.5) is 19.0 Å². The van der Waals surface area contributed by atoms with E-state index in [9.17, 15) is 13.2 Å². The number of nitrogens with zero attached hydrogens (tertiary/aromatic N) is 1. The van der Waals surface area contributed by atoms with Crippen molar-refractivity contribution in [1.29, 1.82) is 0 Å². The minimum Gasteiger partial charge on any atom is -0.384 e. The quantitative estimate of drug-likeness (QED) is 0.739. The van der Waals surface area contributed by atoms with Gasteiger partial charge in [-0.15, -0.1) is 0 Å². The molecule has 0 aliphatic carbocycles. The average molecular weight is 303 g/mol. The smallest absolute Gasteiger partial charge is 0.384 e. The van der Waals surface area contributed by atoms with Crippen molar-refractivity contribution in [1.82, 2.24) is 10.2 Å². The van der Waals surface area contributed by atoms with Crippen LogP contribution in [0.1, 0.15) is 5.56 Å². The van der Waals surface area contributed by atoms with Crippen LogP contribution in [-0.4, -0.2) is 10.2 Å². The number of hydrogen-bond donors (Lipinski definition) is 2. The standard InChI is InChI=1S/C16H12F3N3/c17-16(18,19)13-7-5-11(6-8-13)10-1-3-12(4-2-10)14-9-21-22-15(14)20/h1-9H,(H3,20,21,22). The Kier molecular flexibility index (Phi) is 3.36. The van der Waals surface area contributed by atoms with Gasteiger partial charge in [-0.25, -0.2) is 0 Å². The fraction of sp³-hybridized carbons (Fsp3) is 0.0625. The Bertz CT molecular complexity index is 772. The van der Waals surface area contributed by atoms with Gasteiger partial charge in [-0.1, -0.05) is 36.4 Å². The molecule has 0 atom stereocenters. The van der Waals surface area contributed by atoms with E-state index in [1.54, 1.807) is 6.20 Å². The first-order valence-corrected chi connectivity index (χ1v) is 6.52. The summed E-state index contributed by atoms with van der Waals surface area (Å²) in [6, 6.07) is 12.5. The van der Waals surface area contributed by atoms with Gasteiger partial charge in [-0.3, -0.25) is 5.10 Å². The predicted molar refractivity (Wildman–Crippen MR) is 78.9 cm³/mol. The van der Waals surface area contributed by atoms with E-state index in [4.69, 9.17) is 5.73 Å². The van der Waals surface area contributed by atoms with E-state index < -0.39 is 11.7 Å². The summed E-state index contributed by atoms with van der Waals surface area (Å²) >= 11 is 0. The zero-order chi connectivity index (χ0) is 15.7. The number of aromatic nitrogens is 2. The van der Waals surface area contributed by atoms with Gasteiger partial charge in [0.1, 0.15) is 5.82 Å². The van der Waals surface area contributed by atoms with Crippen molar-refractivity contribution >= 4 is 5.82 Å². The first kappa shape index (κ1) is 14.2. The molecule has 0 aliphatic rings. The van der Waals surface area contributed by atoms with Gasteiger partial charge >= 0.3 is 6.18 Å². The molecule has 0 unspecified atom stereocenters. The molecule has 0 saturated carbocycles. The summed E-state index contributed by atoms with van der Waals surface area (Å²) in [5, 5.41) is 6.51. The largest absolute Gasteiger partial charge is 0.416 e. The highest BCUT2D eigenvalue weighted by molar-refractivity contribution is 5.75. The van der Waals surface area contributed by atoms with Crippen molar-refractivity contribution in [3.8, 4) is 22.3 Å². The van der Waals surface area contributed by atoms with Crippen LogP contribution in [0.25, 0.3) is 22.3 Å². The van der Waals surface area contributed by atoms with E-state index >= 15 is 0 Å². The molecule has 0 saturated heterocycles. The Morgan fingerprint density at radius 1 is 0.818 bits per heavy atom. The molecule has 2 aromatic carbocycles. The lowest BCUT2D eigenvalue weighted by molar-refractivity contribution is -0.137. The van der Waals surface area contributed by atoms with Crippen LogP contribution in [0.3, 0.4) is 0 Å². The van der Waals surface area contributed by atoms with Crippen molar-refractivity contribution in [2.45, 2.75) is 6.18 Å². The van der Waals surface area contributed by atoms with E-state index in [1.165, 1.54) is 12.1 Å². The molecule has 1 heterocycles. The van der Waals surface area contributed by atoms with E-state index in [2.05, 4.69) is 10.2 Å². The number of nitrogens with one attached hydrogen (secondary N) is 1. The maximum absolute atomic E-state index is 12.5.